The van der Waals surface area contributed by atoms with E-state index in [1.807, 2.05) is 0 Å². The summed E-state index contributed by atoms with van der Waals surface area (Å²) in [7, 11) is 0. The van der Waals surface area contributed by atoms with Gasteiger partial charge in [0.15, 0.2) is 0 Å². The topological polar surface area (TPSA) is 24.1 Å². The molecule has 2 nitrogen and oxygen atoms in total. The van der Waals surface area contributed by atoms with Gasteiger partial charge in [0.05, 0.1) is 0 Å². The van der Waals surface area contributed by atoms with Gasteiger partial charge in [-0.3, -0.25) is 0 Å². The molecule has 0 aliphatic rings. The number of unbranched alkanes of at least 4 members (excludes halogenated alkanes) is 8. The fourth-order valence-electron chi connectivity index (χ4n) is 5.32. The molecule has 2 N–H and O–H groups in total. The number of hydrogen-bond acceptors (Lipinski definition) is 2. The van der Waals surface area contributed by atoms with Crippen LogP contribution in [-0.2, 0) is 0 Å². The molecule has 0 saturated heterocycles. The first-order chi connectivity index (χ1) is 15.1. The SMILES string of the molecule is CCCCCCCCC(CC)(CC)NCCNCCCC(CC)(CC)CCCCCC. The van der Waals surface area contributed by atoms with Gasteiger partial charge >= 0.3 is 0 Å². The molecule has 0 aromatic carbocycles. The second kappa shape index (κ2) is 20.5. The largest absolute Gasteiger partial charge is 0.315 e. The van der Waals surface area contributed by atoms with Crippen LogP contribution in [0.3, 0.4) is 0 Å². The Morgan fingerprint density at radius 2 is 0.968 bits per heavy atom. The van der Waals surface area contributed by atoms with E-state index in [0.29, 0.717) is 11.0 Å². The summed E-state index contributed by atoms with van der Waals surface area (Å²) >= 11 is 0. The zero-order chi connectivity index (χ0) is 23.3. The van der Waals surface area contributed by atoms with Crippen molar-refractivity contribution in [1.82, 2.24) is 10.6 Å². The molecule has 0 saturated carbocycles. The second-order valence-electron chi connectivity index (χ2n) is 10.3. The van der Waals surface area contributed by atoms with Crippen molar-refractivity contribution in [2.45, 2.75) is 163 Å². The van der Waals surface area contributed by atoms with Crippen molar-refractivity contribution in [1.29, 1.82) is 0 Å². The number of nitrogens with one attached hydrogen (secondary N) is 2. The first-order valence-corrected chi connectivity index (χ1v) is 14.5. The van der Waals surface area contributed by atoms with E-state index in [1.54, 1.807) is 0 Å². The highest BCUT2D eigenvalue weighted by Crippen LogP contribution is 2.37. The summed E-state index contributed by atoms with van der Waals surface area (Å²) < 4.78 is 0. The van der Waals surface area contributed by atoms with Gasteiger partial charge in [0.1, 0.15) is 0 Å². The summed E-state index contributed by atoms with van der Waals surface area (Å²) in [4.78, 5) is 0. The molecular formula is C29H62N2. The van der Waals surface area contributed by atoms with E-state index in [0.717, 1.165) is 13.1 Å². The van der Waals surface area contributed by atoms with Crippen molar-refractivity contribution in [3.05, 3.63) is 0 Å². The molecule has 188 valence electrons. The highest BCUT2D eigenvalue weighted by atomic mass is 15.0. The minimum atomic E-state index is 0.366. The van der Waals surface area contributed by atoms with Crippen LogP contribution in [0, 0.1) is 5.41 Å². The molecule has 0 radical (unpaired) electrons. The quantitative estimate of drug-likeness (QED) is 0.147. The fraction of sp³-hybridized carbons (Fsp3) is 1.00. The molecule has 0 amide bonds. The van der Waals surface area contributed by atoms with E-state index < -0.39 is 0 Å². The molecule has 0 fully saturated rings. The Morgan fingerprint density at radius 1 is 0.452 bits per heavy atom. The molecule has 0 aromatic rings. The van der Waals surface area contributed by atoms with Crippen LogP contribution in [0.15, 0.2) is 0 Å². The van der Waals surface area contributed by atoms with Crippen LogP contribution in [0.1, 0.15) is 157 Å². The fourth-order valence-corrected chi connectivity index (χ4v) is 5.32. The van der Waals surface area contributed by atoms with Crippen LogP contribution in [0.5, 0.6) is 0 Å². The van der Waals surface area contributed by atoms with E-state index in [1.165, 1.54) is 122 Å². The van der Waals surface area contributed by atoms with Crippen LogP contribution < -0.4 is 10.6 Å². The lowest BCUT2D eigenvalue weighted by Gasteiger charge is -2.34. The lowest BCUT2D eigenvalue weighted by atomic mass is 9.74. The molecule has 0 heterocycles. The Bertz CT molecular complexity index is 358. The maximum absolute atomic E-state index is 3.94. The number of hydrogen-bond donors (Lipinski definition) is 2. The van der Waals surface area contributed by atoms with E-state index >= 15 is 0 Å². The number of rotatable bonds is 24. The molecule has 2 heteroatoms. The molecule has 0 unspecified atom stereocenters. The predicted octanol–water partition coefficient (Wildman–Crippen LogP) is 9.03. The normalized spacial score (nSPS) is 12.6. The van der Waals surface area contributed by atoms with Crippen molar-refractivity contribution < 1.29 is 0 Å². The van der Waals surface area contributed by atoms with Crippen LogP contribution in [0.4, 0.5) is 0 Å². The van der Waals surface area contributed by atoms with E-state index in [4.69, 9.17) is 0 Å². The smallest absolute Gasteiger partial charge is 0.0176 e. The minimum Gasteiger partial charge on any atom is -0.315 e. The molecule has 0 aliphatic carbocycles. The van der Waals surface area contributed by atoms with Crippen molar-refractivity contribution in [2.75, 3.05) is 19.6 Å². The van der Waals surface area contributed by atoms with E-state index in [-0.39, 0.29) is 0 Å². The van der Waals surface area contributed by atoms with Crippen LogP contribution in [0.25, 0.3) is 0 Å². The van der Waals surface area contributed by atoms with E-state index in [2.05, 4.69) is 52.2 Å². The Morgan fingerprint density at radius 3 is 1.55 bits per heavy atom. The third-order valence-electron chi connectivity index (χ3n) is 8.29. The van der Waals surface area contributed by atoms with Gasteiger partial charge < -0.3 is 10.6 Å². The van der Waals surface area contributed by atoms with Gasteiger partial charge in [-0.25, -0.2) is 0 Å². The highest BCUT2D eigenvalue weighted by molar-refractivity contribution is 4.85. The Hall–Kier alpha value is -0.0800. The summed E-state index contributed by atoms with van der Waals surface area (Å²) in [6, 6.07) is 0. The van der Waals surface area contributed by atoms with Crippen LogP contribution >= 0.6 is 0 Å². The highest BCUT2D eigenvalue weighted by Gasteiger charge is 2.25. The molecule has 0 aromatic heterocycles. The van der Waals surface area contributed by atoms with Crippen molar-refractivity contribution in [3.8, 4) is 0 Å². The summed E-state index contributed by atoms with van der Waals surface area (Å²) in [6.07, 6.45) is 24.8. The summed E-state index contributed by atoms with van der Waals surface area (Å²) in [5.74, 6) is 0. The lowest BCUT2D eigenvalue weighted by molar-refractivity contribution is 0.204. The average molecular weight is 439 g/mol. The predicted molar refractivity (Wildman–Crippen MR) is 143 cm³/mol. The standard InChI is InChI=1S/C29H62N2/c1-7-13-15-17-18-20-24-29(11-5,12-6)31-27-26-30-25-21-23-28(9-3,10-4)22-19-16-14-8-2/h30-31H,7-27H2,1-6H3. The van der Waals surface area contributed by atoms with E-state index in [9.17, 15) is 0 Å². The second-order valence-corrected chi connectivity index (χ2v) is 10.3. The Labute approximate surface area is 198 Å². The molecule has 0 bridgehead atoms. The monoisotopic (exact) mass is 438 g/mol. The average Bonchev–Trinajstić information content (AvgIpc) is 2.81. The van der Waals surface area contributed by atoms with Gasteiger partial charge in [0.2, 0.25) is 0 Å². The first kappa shape index (κ1) is 30.9. The molecular weight excluding hydrogens is 376 g/mol. The van der Waals surface area contributed by atoms with Crippen LogP contribution in [-0.4, -0.2) is 25.2 Å². The molecule has 0 atom stereocenters. The third kappa shape index (κ3) is 14.6. The zero-order valence-corrected chi connectivity index (χ0v) is 22.8. The zero-order valence-electron chi connectivity index (χ0n) is 22.8. The third-order valence-corrected chi connectivity index (χ3v) is 8.29. The maximum atomic E-state index is 3.94. The van der Waals surface area contributed by atoms with Gasteiger partial charge in [-0.1, -0.05) is 119 Å². The Kier molecular flexibility index (Phi) is 20.5. The van der Waals surface area contributed by atoms with Gasteiger partial charge in [0.25, 0.3) is 0 Å². The summed E-state index contributed by atoms with van der Waals surface area (Å²) in [5.41, 5.74) is 0.967. The lowest BCUT2D eigenvalue weighted by Crippen LogP contribution is -2.46. The Balaban J connectivity index is 4.05. The molecule has 0 aliphatic heterocycles. The van der Waals surface area contributed by atoms with Gasteiger partial charge in [-0.05, 0) is 50.5 Å². The van der Waals surface area contributed by atoms with Crippen molar-refractivity contribution >= 4 is 0 Å². The molecule has 31 heavy (non-hydrogen) atoms. The van der Waals surface area contributed by atoms with Crippen molar-refractivity contribution in [3.63, 3.8) is 0 Å². The van der Waals surface area contributed by atoms with Crippen LogP contribution in [0.2, 0.25) is 0 Å². The van der Waals surface area contributed by atoms with Gasteiger partial charge in [-0.15, -0.1) is 0 Å². The minimum absolute atomic E-state index is 0.366. The maximum Gasteiger partial charge on any atom is 0.0176 e. The van der Waals surface area contributed by atoms with Gasteiger partial charge in [-0.2, -0.15) is 0 Å². The summed E-state index contributed by atoms with van der Waals surface area (Å²) in [6.45, 7) is 17.6. The van der Waals surface area contributed by atoms with Gasteiger partial charge in [0, 0.05) is 18.6 Å². The molecule has 0 rings (SSSR count). The molecule has 0 spiro atoms. The summed E-state index contributed by atoms with van der Waals surface area (Å²) in [5, 5.41) is 7.67. The first-order valence-electron chi connectivity index (χ1n) is 14.5. The van der Waals surface area contributed by atoms with Crippen molar-refractivity contribution in [2.24, 2.45) is 5.41 Å².